The van der Waals surface area contributed by atoms with Crippen LogP contribution < -0.4 is 5.32 Å². The topological polar surface area (TPSA) is 66.5 Å². The molecule has 5 nitrogen and oxygen atoms in total. The second-order valence-corrected chi connectivity index (χ2v) is 8.70. The monoisotopic (exact) mass is 426 g/mol. The second kappa shape index (κ2) is 9.37. The third-order valence-electron chi connectivity index (χ3n) is 3.78. The van der Waals surface area contributed by atoms with E-state index in [1.54, 1.807) is 24.3 Å². The van der Waals surface area contributed by atoms with Gasteiger partial charge in [-0.05, 0) is 36.8 Å². The number of halogens is 2. The first-order valence-electron chi connectivity index (χ1n) is 8.12. The predicted octanol–water partition coefficient (Wildman–Crippen LogP) is 3.79. The number of sulfonamides is 1. The summed E-state index contributed by atoms with van der Waals surface area (Å²) in [5, 5.41) is 3.36. The minimum absolute atomic E-state index is 0.0618. The first-order chi connectivity index (χ1) is 12.7. The van der Waals surface area contributed by atoms with Crippen molar-refractivity contribution in [3.05, 3.63) is 76.3 Å². The van der Waals surface area contributed by atoms with Crippen LogP contribution in [0.15, 0.2) is 60.0 Å². The smallest absolute Gasteiger partial charge is 0.243 e. The lowest BCUT2D eigenvalue weighted by atomic mass is 10.2. The largest absolute Gasteiger partial charge is 0.351 e. The number of hydrogen-bond donors (Lipinski definition) is 1. The average molecular weight is 427 g/mol. The molecule has 1 amide bonds. The highest BCUT2D eigenvalue weighted by molar-refractivity contribution is 7.89. The van der Waals surface area contributed by atoms with Crippen LogP contribution in [-0.4, -0.2) is 31.7 Å². The lowest BCUT2D eigenvalue weighted by Gasteiger charge is -2.22. The fraction of sp³-hybridized carbons (Fsp3) is 0.211. The van der Waals surface area contributed by atoms with Crippen molar-refractivity contribution in [2.24, 2.45) is 0 Å². The van der Waals surface area contributed by atoms with Gasteiger partial charge in [0, 0.05) is 23.1 Å². The maximum atomic E-state index is 13.1. The number of carbonyl (C=O) groups is 1. The Bertz CT molecular complexity index is 928. The fourth-order valence-corrected chi connectivity index (χ4v) is 4.17. The molecule has 8 heteroatoms. The lowest BCUT2D eigenvalue weighted by molar-refractivity contribution is -0.121. The van der Waals surface area contributed by atoms with Crippen molar-refractivity contribution < 1.29 is 13.2 Å². The standard InChI is InChI=1S/C19H20Cl2N2O3S/c1-3-10-22-19(24)13-23(12-15-6-7-16(20)11-18(15)21)27(25,26)17-8-4-14(2)5-9-17/h3-9,11H,1,10,12-13H2,2H3,(H,22,24). The summed E-state index contributed by atoms with van der Waals surface area (Å²) in [6.45, 7) is 5.24. The molecule has 0 saturated carbocycles. The van der Waals surface area contributed by atoms with Gasteiger partial charge < -0.3 is 5.32 Å². The van der Waals surface area contributed by atoms with E-state index in [-0.39, 0.29) is 24.5 Å². The molecule has 0 radical (unpaired) electrons. The Morgan fingerprint density at radius 1 is 1.19 bits per heavy atom. The Hall–Kier alpha value is -1.86. The molecule has 1 N–H and O–H groups in total. The van der Waals surface area contributed by atoms with Gasteiger partial charge in [-0.1, -0.05) is 53.0 Å². The summed E-state index contributed by atoms with van der Waals surface area (Å²) in [4.78, 5) is 12.3. The molecule has 0 aliphatic carbocycles. The Labute approximate surface area is 169 Å². The molecular formula is C19H20Cl2N2O3S. The van der Waals surface area contributed by atoms with Crippen molar-refractivity contribution in [3.8, 4) is 0 Å². The molecule has 0 aliphatic heterocycles. The summed E-state index contributed by atoms with van der Waals surface area (Å²) in [5.74, 6) is -0.435. The molecule has 0 spiro atoms. The van der Waals surface area contributed by atoms with Crippen LogP contribution in [0, 0.1) is 6.92 Å². The predicted molar refractivity (Wildman–Crippen MR) is 108 cm³/mol. The van der Waals surface area contributed by atoms with Gasteiger partial charge in [0.2, 0.25) is 15.9 Å². The SMILES string of the molecule is C=CCNC(=O)CN(Cc1ccc(Cl)cc1Cl)S(=O)(=O)c1ccc(C)cc1. The Kier molecular flexibility index (Phi) is 7.44. The molecule has 0 unspecified atom stereocenters. The number of rotatable bonds is 8. The maximum Gasteiger partial charge on any atom is 0.243 e. The van der Waals surface area contributed by atoms with Crippen LogP contribution >= 0.6 is 23.2 Å². The van der Waals surface area contributed by atoms with Crippen molar-refractivity contribution in [1.29, 1.82) is 0 Å². The number of hydrogen-bond acceptors (Lipinski definition) is 3. The molecule has 0 aromatic heterocycles. The van der Waals surface area contributed by atoms with Crippen molar-refractivity contribution >= 4 is 39.1 Å². The van der Waals surface area contributed by atoms with Gasteiger partial charge in [0.1, 0.15) is 0 Å². The number of aryl methyl sites for hydroxylation is 1. The van der Waals surface area contributed by atoms with Gasteiger partial charge in [-0.15, -0.1) is 6.58 Å². The minimum atomic E-state index is -3.91. The summed E-state index contributed by atoms with van der Waals surface area (Å²) < 4.78 is 27.3. The van der Waals surface area contributed by atoms with Crippen molar-refractivity contribution in [1.82, 2.24) is 9.62 Å². The van der Waals surface area contributed by atoms with Gasteiger partial charge in [0.15, 0.2) is 0 Å². The zero-order valence-electron chi connectivity index (χ0n) is 14.8. The van der Waals surface area contributed by atoms with E-state index in [0.717, 1.165) is 9.87 Å². The van der Waals surface area contributed by atoms with Gasteiger partial charge >= 0.3 is 0 Å². The normalized spacial score (nSPS) is 11.4. The molecule has 27 heavy (non-hydrogen) atoms. The number of amides is 1. The van der Waals surface area contributed by atoms with Gasteiger partial charge in [-0.2, -0.15) is 4.31 Å². The van der Waals surface area contributed by atoms with Gasteiger partial charge in [-0.3, -0.25) is 4.79 Å². The lowest BCUT2D eigenvalue weighted by Crippen LogP contribution is -2.40. The Morgan fingerprint density at radius 2 is 1.85 bits per heavy atom. The van der Waals surface area contributed by atoms with Crippen molar-refractivity contribution in [2.75, 3.05) is 13.1 Å². The van der Waals surface area contributed by atoms with Crippen LogP contribution in [-0.2, 0) is 21.4 Å². The highest BCUT2D eigenvalue weighted by Gasteiger charge is 2.27. The Balaban J connectivity index is 2.37. The van der Waals surface area contributed by atoms with Gasteiger partial charge in [0.25, 0.3) is 0 Å². The van der Waals surface area contributed by atoms with E-state index in [1.165, 1.54) is 24.3 Å². The summed E-state index contributed by atoms with van der Waals surface area (Å²) in [6, 6.07) is 11.2. The molecule has 0 saturated heterocycles. The first-order valence-corrected chi connectivity index (χ1v) is 10.3. The van der Waals surface area contributed by atoms with E-state index in [1.807, 2.05) is 6.92 Å². The minimum Gasteiger partial charge on any atom is -0.351 e. The Morgan fingerprint density at radius 3 is 2.44 bits per heavy atom. The summed E-state index contributed by atoms with van der Waals surface area (Å²) >= 11 is 12.1. The van der Waals surface area contributed by atoms with E-state index >= 15 is 0 Å². The molecule has 2 aromatic rings. The summed E-state index contributed by atoms with van der Waals surface area (Å²) in [6.07, 6.45) is 1.52. The van der Waals surface area contributed by atoms with Crippen LogP contribution in [0.5, 0.6) is 0 Å². The molecule has 0 atom stereocenters. The zero-order chi connectivity index (χ0) is 20.0. The van der Waals surface area contributed by atoms with E-state index in [0.29, 0.717) is 15.6 Å². The van der Waals surface area contributed by atoms with E-state index in [2.05, 4.69) is 11.9 Å². The third-order valence-corrected chi connectivity index (χ3v) is 6.18. The van der Waals surface area contributed by atoms with Crippen LogP contribution in [0.3, 0.4) is 0 Å². The van der Waals surface area contributed by atoms with E-state index < -0.39 is 15.9 Å². The fourth-order valence-electron chi connectivity index (χ4n) is 2.33. The number of carbonyl (C=O) groups excluding carboxylic acids is 1. The van der Waals surface area contributed by atoms with Crippen molar-refractivity contribution in [3.63, 3.8) is 0 Å². The maximum absolute atomic E-state index is 13.1. The molecule has 0 fully saturated rings. The summed E-state index contributed by atoms with van der Waals surface area (Å²) in [5.41, 5.74) is 1.48. The van der Waals surface area contributed by atoms with Gasteiger partial charge in [-0.25, -0.2) is 8.42 Å². The number of benzene rings is 2. The molecular weight excluding hydrogens is 407 g/mol. The molecule has 0 aliphatic rings. The summed E-state index contributed by atoms with van der Waals surface area (Å²) in [7, 11) is -3.91. The van der Waals surface area contributed by atoms with Crippen molar-refractivity contribution in [2.45, 2.75) is 18.4 Å². The van der Waals surface area contributed by atoms with E-state index in [4.69, 9.17) is 23.2 Å². The second-order valence-electron chi connectivity index (χ2n) is 5.91. The van der Waals surface area contributed by atoms with Crippen LogP contribution in [0.4, 0.5) is 0 Å². The third kappa shape index (κ3) is 5.81. The molecule has 2 rings (SSSR count). The van der Waals surface area contributed by atoms with E-state index in [9.17, 15) is 13.2 Å². The van der Waals surface area contributed by atoms with Crippen LogP contribution in [0.25, 0.3) is 0 Å². The molecule has 2 aromatic carbocycles. The quantitative estimate of drug-likeness (QED) is 0.652. The molecule has 144 valence electrons. The van der Waals surface area contributed by atoms with Crippen LogP contribution in [0.2, 0.25) is 10.0 Å². The van der Waals surface area contributed by atoms with Crippen LogP contribution in [0.1, 0.15) is 11.1 Å². The number of nitrogens with one attached hydrogen (secondary N) is 1. The zero-order valence-corrected chi connectivity index (χ0v) is 17.1. The highest BCUT2D eigenvalue weighted by Crippen LogP contribution is 2.25. The molecule has 0 bridgehead atoms. The molecule has 0 heterocycles. The van der Waals surface area contributed by atoms with Gasteiger partial charge in [0.05, 0.1) is 11.4 Å². The number of nitrogens with zero attached hydrogens (tertiary/aromatic N) is 1. The highest BCUT2D eigenvalue weighted by atomic mass is 35.5. The first kappa shape index (κ1) is 21.4. The average Bonchev–Trinajstić information content (AvgIpc) is 2.61.